The van der Waals surface area contributed by atoms with Crippen LogP contribution < -0.4 is 19.8 Å². The minimum Gasteiger partial charge on any atom is -0.371 e. The SMILES string of the molecule is CC1(S(=O)(=O)Nc2ccc(C(=O)Nc3cccc(N4CCC(C#N)CC4)n3)c(N3CCC4(CC3)CC4)c2)CC1. The van der Waals surface area contributed by atoms with E-state index >= 15 is 0 Å². The second-order valence-electron chi connectivity index (χ2n) is 12.0. The molecular formula is C29H36N6O3S. The van der Waals surface area contributed by atoms with Crippen LogP contribution in [0.2, 0.25) is 0 Å². The van der Waals surface area contributed by atoms with Gasteiger partial charge in [0.05, 0.1) is 27.8 Å². The zero-order valence-corrected chi connectivity index (χ0v) is 23.3. The van der Waals surface area contributed by atoms with Gasteiger partial charge in [-0.1, -0.05) is 6.07 Å². The molecule has 10 heteroatoms. The second kappa shape index (κ2) is 9.70. The van der Waals surface area contributed by atoms with E-state index in [1.54, 1.807) is 25.1 Å². The number of hydrogen-bond donors (Lipinski definition) is 2. The molecule has 6 rings (SSSR count). The minimum atomic E-state index is -3.50. The van der Waals surface area contributed by atoms with Crippen LogP contribution in [0.5, 0.6) is 0 Å². The lowest BCUT2D eigenvalue weighted by molar-refractivity contribution is 0.102. The Kier molecular flexibility index (Phi) is 6.45. The molecule has 0 bridgehead atoms. The van der Waals surface area contributed by atoms with Crippen LogP contribution in [0.25, 0.3) is 0 Å². The zero-order chi connectivity index (χ0) is 27.3. The summed E-state index contributed by atoms with van der Waals surface area (Å²) in [6, 6.07) is 13.1. The van der Waals surface area contributed by atoms with Crippen LogP contribution in [0, 0.1) is 22.7 Å². The van der Waals surface area contributed by atoms with E-state index in [1.165, 1.54) is 12.8 Å². The molecule has 2 aliphatic carbocycles. The van der Waals surface area contributed by atoms with Gasteiger partial charge in [-0.25, -0.2) is 13.4 Å². The number of anilines is 4. The highest BCUT2D eigenvalue weighted by molar-refractivity contribution is 7.94. The van der Waals surface area contributed by atoms with Gasteiger partial charge in [-0.2, -0.15) is 5.26 Å². The summed E-state index contributed by atoms with van der Waals surface area (Å²) in [7, 11) is -3.50. The molecule has 1 aromatic heterocycles. The van der Waals surface area contributed by atoms with Gasteiger partial charge in [0, 0.05) is 32.1 Å². The molecule has 2 aliphatic heterocycles. The van der Waals surface area contributed by atoms with Gasteiger partial charge in [-0.15, -0.1) is 0 Å². The molecule has 1 amide bonds. The number of aromatic nitrogens is 1. The van der Waals surface area contributed by atoms with Crippen molar-refractivity contribution in [3.8, 4) is 6.07 Å². The Balaban J connectivity index is 1.23. The van der Waals surface area contributed by atoms with Crippen molar-refractivity contribution in [3.63, 3.8) is 0 Å². The summed E-state index contributed by atoms with van der Waals surface area (Å²) in [5.41, 5.74) is 2.22. The van der Waals surface area contributed by atoms with Gasteiger partial charge in [0.15, 0.2) is 0 Å². The Labute approximate surface area is 230 Å². The van der Waals surface area contributed by atoms with Crippen molar-refractivity contribution in [2.45, 2.75) is 63.0 Å². The molecule has 39 heavy (non-hydrogen) atoms. The zero-order valence-electron chi connectivity index (χ0n) is 22.4. The molecule has 1 aromatic carbocycles. The van der Waals surface area contributed by atoms with Crippen LogP contribution >= 0.6 is 0 Å². The monoisotopic (exact) mass is 548 g/mol. The maximum Gasteiger partial charge on any atom is 0.258 e. The number of nitrogens with zero attached hydrogens (tertiary/aromatic N) is 4. The van der Waals surface area contributed by atoms with E-state index in [0.29, 0.717) is 35.3 Å². The Morgan fingerprint density at radius 1 is 1.00 bits per heavy atom. The quantitative estimate of drug-likeness (QED) is 0.513. The van der Waals surface area contributed by atoms with Gasteiger partial charge in [-0.05, 0) is 94.0 Å². The molecule has 4 fully saturated rings. The summed E-state index contributed by atoms with van der Waals surface area (Å²) in [5, 5.41) is 12.2. The molecule has 2 saturated heterocycles. The van der Waals surface area contributed by atoms with E-state index in [-0.39, 0.29) is 11.8 Å². The largest absolute Gasteiger partial charge is 0.371 e. The van der Waals surface area contributed by atoms with E-state index in [0.717, 1.165) is 63.4 Å². The highest BCUT2D eigenvalue weighted by Gasteiger charge is 2.50. The van der Waals surface area contributed by atoms with Gasteiger partial charge in [0.2, 0.25) is 10.0 Å². The van der Waals surface area contributed by atoms with Crippen molar-refractivity contribution in [3.05, 3.63) is 42.0 Å². The topological polar surface area (TPSA) is 118 Å². The van der Waals surface area contributed by atoms with Crippen molar-refractivity contribution in [1.82, 2.24) is 4.98 Å². The first-order chi connectivity index (χ1) is 18.7. The average Bonchev–Trinajstić information content (AvgIpc) is 3.88. The van der Waals surface area contributed by atoms with Crippen LogP contribution in [0.3, 0.4) is 0 Å². The Morgan fingerprint density at radius 2 is 1.72 bits per heavy atom. The standard InChI is InChI=1S/C29H36N6O3S/c1-28(9-10-28)39(37,38)33-22-5-6-23(24(19-22)34-17-13-29(11-12-29)14-18-34)27(36)32-25-3-2-4-26(31-25)35-15-7-21(20-30)8-16-35/h2-6,19,21,33H,7-18H2,1H3,(H,31,32,36). The lowest BCUT2D eigenvalue weighted by Crippen LogP contribution is -2.36. The first-order valence-corrected chi connectivity index (χ1v) is 15.5. The molecule has 2 N–H and O–H groups in total. The molecule has 9 nitrogen and oxygen atoms in total. The number of amides is 1. The Bertz CT molecular complexity index is 1410. The highest BCUT2D eigenvalue weighted by atomic mass is 32.2. The highest BCUT2D eigenvalue weighted by Crippen LogP contribution is 2.54. The van der Waals surface area contributed by atoms with Crippen LogP contribution in [0.15, 0.2) is 36.4 Å². The second-order valence-corrected chi connectivity index (χ2v) is 14.2. The number of pyridine rings is 1. The summed E-state index contributed by atoms with van der Waals surface area (Å²) >= 11 is 0. The normalized spacial score (nSPS) is 21.7. The van der Waals surface area contributed by atoms with E-state index in [1.807, 2.05) is 18.2 Å². The minimum absolute atomic E-state index is 0.0896. The first-order valence-electron chi connectivity index (χ1n) is 14.0. The number of sulfonamides is 1. The van der Waals surface area contributed by atoms with Crippen molar-refractivity contribution in [2.24, 2.45) is 11.3 Å². The fourth-order valence-electron chi connectivity index (χ4n) is 5.76. The van der Waals surface area contributed by atoms with Crippen LogP contribution in [-0.4, -0.2) is 50.2 Å². The number of nitrogens with one attached hydrogen (secondary N) is 2. The molecule has 2 saturated carbocycles. The van der Waals surface area contributed by atoms with Crippen LogP contribution in [0.1, 0.15) is 68.6 Å². The fourth-order valence-corrected chi connectivity index (χ4v) is 7.08. The predicted molar refractivity (Wildman–Crippen MR) is 152 cm³/mol. The Morgan fingerprint density at radius 3 is 2.36 bits per heavy atom. The van der Waals surface area contributed by atoms with Crippen molar-refractivity contribution in [1.29, 1.82) is 5.26 Å². The van der Waals surface area contributed by atoms with E-state index < -0.39 is 14.8 Å². The van der Waals surface area contributed by atoms with Crippen molar-refractivity contribution in [2.75, 3.05) is 46.0 Å². The van der Waals surface area contributed by atoms with Gasteiger partial charge in [0.25, 0.3) is 5.91 Å². The number of hydrogen-bond acceptors (Lipinski definition) is 7. The number of carbonyl (C=O) groups is 1. The van der Waals surface area contributed by atoms with E-state index in [2.05, 4.69) is 30.9 Å². The van der Waals surface area contributed by atoms with Crippen LogP contribution in [0.4, 0.5) is 23.0 Å². The lowest BCUT2D eigenvalue weighted by atomic mass is 9.93. The fraction of sp³-hybridized carbons (Fsp3) is 0.552. The Hall–Kier alpha value is -3.32. The summed E-state index contributed by atoms with van der Waals surface area (Å²) in [6.07, 6.45) is 7.68. The van der Waals surface area contributed by atoms with E-state index in [9.17, 15) is 18.5 Å². The maximum atomic E-state index is 13.6. The third-order valence-corrected chi connectivity index (χ3v) is 11.4. The lowest BCUT2D eigenvalue weighted by Gasteiger charge is -2.35. The number of nitriles is 1. The molecule has 0 radical (unpaired) electrons. The number of rotatable bonds is 7. The average molecular weight is 549 g/mol. The molecular weight excluding hydrogens is 512 g/mol. The number of piperidine rings is 2. The molecule has 4 aliphatic rings. The summed E-state index contributed by atoms with van der Waals surface area (Å²) in [5.74, 6) is 1.07. The summed E-state index contributed by atoms with van der Waals surface area (Å²) in [6.45, 7) is 4.99. The van der Waals surface area contributed by atoms with Gasteiger partial charge < -0.3 is 15.1 Å². The number of carbonyl (C=O) groups excluding carboxylic acids is 1. The maximum absolute atomic E-state index is 13.6. The third-order valence-electron chi connectivity index (χ3n) is 9.20. The van der Waals surface area contributed by atoms with Gasteiger partial charge >= 0.3 is 0 Å². The van der Waals surface area contributed by atoms with Crippen molar-refractivity contribution < 1.29 is 13.2 Å². The first kappa shape index (κ1) is 25.9. The smallest absolute Gasteiger partial charge is 0.258 e. The van der Waals surface area contributed by atoms with Crippen LogP contribution in [-0.2, 0) is 10.0 Å². The number of benzene rings is 1. The van der Waals surface area contributed by atoms with Gasteiger partial charge in [-0.3, -0.25) is 9.52 Å². The molecule has 0 unspecified atom stereocenters. The van der Waals surface area contributed by atoms with E-state index in [4.69, 9.17) is 0 Å². The molecule has 0 atom stereocenters. The summed E-state index contributed by atoms with van der Waals surface area (Å²) in [4.78, 5) is 22.6. The summed E-state index contributed by atoms with van der Waals surface area (Å²) < 4.78 is 27.8. The molecule has 206 valence electrons. The third kappa shape index (κ3) is 5.29. The molecule has 2 aromatic rings. The molecule has 3 heterocycles. The predicted octanol–water partition coefficient (Wildman–Crippen LogP) is 4.75. The van der Waals surface area contributed by atoms with Crippen molar-refractivity contribution >= 4 is 38.9 Å². The molecule has 1 spiro atoms. The van der Waals surface area contributed by atoms with Gasteiger partial charge in [0.1, 0.15) is 11.6 Å².